The number of aliphatic imine (C=N–C) groups is 1. The molecular weight excluding hydrogens is 282 g/mol. The zero-order chi connectivity index (χ0) is 14.5. The largest absolute Gasteiger partial charge is 0.226 e. The Labute approximate surface area is 128 Å². The molecule has 3 rings (SSSR count). The minimum Gasteiger partial charge on any atom is -0.226 e. The summed E-state index contributed by atoms with van der Waals surface area (Å²) in [6.07, 6.45) is 1.49. The molecule has 0 unspecified atom stereocenters. The van der Waals surface area contributed by atoms with E-state index < -0.39 is 0 Å². The van der Waals surface area contributed by atoms with Crippen molar-refractivity contribution < 1.29 is 0 Å². The third kappa shape index (κ3) is 3.33. The highest BCUT2D eigenvalue weighted by Crippen LogP contribution is 2.18. The maximum Gasteiger partial charge on any atom is 0.176 e. The van der Waals surface area contributed by atoms with Crippen LogP contribution in [0.3, 0.4) is 0 Å². The summed E-state index contributed by atoms with van der Waals surface area (Å²) in [5.41, 5.74) is 2.88. The molecule has 0 aliphatic carbocycles. The van der Waals surface area contributed by atoms with Gasteiger partial charge in [0.15, 0.2) is 5.82 Å². The normalized spacial score (nSPS) is 10.1. The van der Waals surface area contributed by atoms with Crippen LogP contribution in [-0.4, -0.2) is 15.9 Å². The third-order valence-corrected chi connectivity index (χ3v) is 3.14. The summed E-state index contributed by atoms with van der Waals surface area (Å²) >= 11 is 5.95. The molecule has 3 aromatic rings. The zero-order valence-corrected chi connectivity index (χ0v) is 11.9. The van der Waals surface area contributed by atoms with Crippen molar-refractivity contribution >= 4 is 23.1 Å². The van der Waals surface area contributed by atoms with E-state index in [2.05, 4.69) is 15.2 Å². The minimum atomic E-state index is 0.491. The number of hydrogen-bond donors (Lipinski definition) is 0. The van der Waals surface area contributed by atoms with Gasteiger partial charge in [0, 0.05) is 17.2 Å². The van der Waals surface area contributed by atoms with Gasteiger partial charge in [-0.3, -0.25) is 0 Å². The second kappa shape index (κ2) is 6.29. The van der Waals surface area contributed by atoms with Crippen LogP contribution in [0, 0.1) is 0 Å². The molecule has 0 aliphatic heterocycles. The summed E-state index contributed by atoms with van der Waals surface area (Å²) in [6.45, 7) is 0. The molecule has 4 heteroatoms. The van der Waals surface area contributed by atoms with Crippen LogP contribution in [0.2, 0.25) is 5.02 Å². The molecule has 1 heterocycles. The van der Waals surface area contributed by atoms with Crippen molar-refractivity contribution in [3.05, 3.63) is 89.1 Å². The van der Waals surface area contributed by atoms with Gasteiger partial charge >= 0.3 is 0 Å². The summed E-state index contributed by atoms with van der Waals surface area (Å²) in [5.74, 6) is 0.491. The van der Waals surface area contributed by atoms with E-state index in [1.165, 1.54) is 6.20 Å². The predicted molar refractivity (Wildman–Crippen MR) is 85.2 cm³/mol. The molecule has 0 saturated heterocycles. The SMILES string of the molecule is Clc1cnnc(N=C(c2ccccc2)c2ccccc2)c1. The molecule has 1 aromatic heterocycles. The first-order valence-electron chi connectivity index (χ1n) is 6.51. The fraction of sp³-hybridized carbons (Fsp3) is 0. The van der Waals surface area contributed by atoms with Crippen LogP contribution in [0.25, 0.3) is 0 Å². The predicted octanol–water partition coefficient (Wildman–Crippen LogP) is 4.30. The maximum absolute atomic E-state index is 5.95. The molecule has 0 radical (unpaired) electrons. The Morgan fingerprint density at radius 1 is 0.857 bits per heavy atom. The molecule has 0 N–H and O–H groups in total. The highest BCUT2D eigenvalue weighted by Gasteiger charge is 2.07. The zero-order valence-electron chi connectivity index (χ0n) is 11.1. The van der Waals surface area contributed by atoms with Crippen molar-refractivity contribution in [3.8, 4) is 0 Å². The van der Waals surface area contributed by atoms with E-state index in [-0.39, 0.29) is 0 Å². The third-order valence-electron chi connectivity index (χ3n) is 2.93. The number of rotatable bonds is 3. The van der Waals surface area contributed by atoms with Crippen LogP contribution < -0.4 is 0 Å². The van der Waals surface area contributed by atoms with Crippen molar-refractivity contribution in [1.29, 1.82) is 0 Å². The van der Waals surface area contributed by atoms with Crippen molar-refractivity contribution in [2.24, 2.45) is 4.99 Å². The van der Waals surface area contributed by atoms with Gasteiger partial charge in [-0.05, 0) is 0 Å². The summed E-state index contributed by atoms with van der Waals surface area (Å²) < 4.78 is 0. The first kappa shape index (κ1) is 13.5. The number of halogens is 1. The average molecular weight is 294 g/mol. The van der Waals surface area contributed by atoms with Crippen molar-refractivity contribution in [2.45, 2.75) is 0 Å². The Hall–Kier alpha value is -2.52. The Kier molecular flexibility index (Phi) is 4.03. The van der Waals surface area contributed by atoms with Crippen LogP contribution in [0.5, 0.6) is 0 Å². The molecule has 0 saturated carbocycles. The summed E-state index contributed by atoms with van der Waals surface area (Å²) in [6, 6.07) is 21.7. The molecule has 2 aromatic carbocycles. The molecule has 102 valence electrons. The van der Waals surface area contributed by atoms with Crippen LogP contribution in [0.15, 0.2) is 77.9 Å². The van der Waals surface area contributed by atoms with Crippen molar-refractivity contribution in [3.63, 3.8) is 0 Å². The number of benzene rings is 2. The Morgan fingerprint density at radius 3 is 1.95 bits per heavy atom. The van der Waals surface area contributed by atoms with E-state index in [0.717, 1.165) is 16.8 Å². The lowest BCUT2D eigenvalue weighted by molar-refractivity contribution is 1.02. The van der Waals surface area contributed by atoms with Gasteiger partial charge in [-0.2, -0.15) is 5.10 Å². The number of nitrogens with zero attached hydrogens (tertiary/aromatic N) is 3. The maximum atomic E-state index is 5.95. The fourth-order valence-electron chi connectivity index (χ4n) is 1.99. The van der Waals surface area contributed by atoms with Gasteiger partial charge in [0.25, 0.3) is 0 Å². The summed E-state index contributed by atoms with van der Waals surface area (Å²) in [5, 5.41) is 8.36. The standard InChI is InChI=1S/C17H12ClN3/c18-15-11-16(21-19-12-15)20-17(13-7-3-1-4-8-13)14-9-5-2-6-10-14/h1-12H. The highest BCUT2D eigenvalue weighted by atomic mass is 35.5. The van der Waals surface area contributed by atoms with Gasteiger partial charge in [0.2, 0.25) is 0 Å². The smallest absolute Gasteiger partial charge is 0.176 e. The van der Waals surface area contributed by atoms with Gasteiger partial charge in [0.05, 0.1) is 16.9 Å². The molecule has 0 bridgehead atoms. The molecule has 0 amide bonds. The van der Waals surface area contributed by atoms with E-state index in [9.17, 15) is 0 Å². The van der Waals surface area contributed by atoms with Gasteiger partial charge < -0.3 is 0 Å². The summed E-state index contributed by atoms with van der Waals surface area (Å²) in [4.78, 5) is 4.62. The van der Waals surface area contributed by atoms with Crippen LogP contribution >= 0.6 is 11.6 Å². The van der Waals surface area contributed by atoms with Gasteiger partial charge in [-0.1, -0.05) is 72.3 Å². The first-order chi connectivity index (χ1) is 10.3. The van der Waals surface area contributed by atoms with Gasteiger partial charge in [-0.25, -0.2) is 4.99 Å². The molecule has 0 aliphatic rings. The average Bonchev–Trinajstić information content (AvgIpc) is 2.54. The van der Waals surface area contributed by atoms with Crippen molar-refractivity contribution in [1.82, 2.24) is 10.2 Å². The quantitative estimate of drug-likeness (QED) is 0.675. The van der Waals surface area contributed by atoms with Crippen molar-refractivity contribution in [2.75, 3.05) is 0 Å². The lowest BCUT2D eigenvalue weighted by Gasteiger charge is -2.07. The van der Waals surface area contributed by atoms with E-state index in [1.807, 2.05) is 60.7 Å². The van der Waals surface area contributed by atoms with E-state index in [4.69, 9.17) is 11.6 Å². The highest BCUT2D eigenvalue weighted by molar-refractivity contribution is 6.30. The first-order valence-corrected chi connectivity index (χ1v) is 6.88. The van der Waals surface area contributed by atoms with Crippen LogP contribution in [-0.2, 0) is 0 Å². The summed E-state index contributed by atoms with van der Waals surface area (Å²) in [7, 11) is 0. The van der Waals surface area contributed by atoms with Crippen LogP contribution in [0.4, 0.5) is 5.82 Å². The Bertz CT molecular complexity index is 714. The molecular formula is C17H12ClN3. The van der Waals surface area contributed by atoms with Gasteiger partial charge in [0.1, 0.15) is 0 Å². The molecule has 0 spiro atoms. The van der Waals surface area contributed by atoms with E-state index >= 15 is 0 Å². The minimum absolute atomic E-state index is 0.491. The fourth-order valence-corrected chi connectivity index (χ4v) is 2.13. The monoisotopic (exact) mass is 293 g/mol. The second-order valence-corrected chi connectivity index (χ2v) is 4.86. The van der Waals surface area contributed by atoms with E-state index in [0.29, 0.717) is 10.8 Å². The Morgan fingerprint density at radius 2 is 1.43 bits per heavy atom. The van der Waals surface area contributed by atoms with E-state index in [1.54, 1.807) is 6.07 Å². The Balaban J connectivity index is 2.13. The van der Waals surface area contributed by atoms with Gasteiger partial charge in [-0.15, -0.1) is 5.10 Å². The second-order valence-electron chi connectivity index (χ2n) is 4.42. The molecule has 0 atom stereocenters. The lowest BCUT2D eigenvalue weighted by Crippen LogP contribution is -2.03. The lowest BCUT2D eigenvalue weighted by atomic mass is 10.0. The molecule has 21 heavy (non-hydrogen) atoms. The number of hydrogen-bond acceptors (Lipinski definition) is 3. The van der Waals surface area contributed by atoms with Crippen LogP contribution in [0.1, 0.15) is 11.1 Å². The topological polar surface area (TPSA) is 38.1 Å². The molecule has 0 fully saturated rings. The molecule has 3 nitrogen and oxygen atoms in total. The number of aromatic nitrogens is 2.